The lowest BCUT2D eigenvalue weighted by Gasteiger charge is -2.23. The quantitative estimate of drug-likeness (QED) is 0.712. The van der Waals surface area contributed by atoms with Crippen LogP contribution in [-0.4, -0.2) is 41.9 Å². The van der Waals surface area contributed by atoms with Gasteiger partial charge >= 0.3 is 5.97 Å². The maximum atomic E-state index is 12.9. The number of benzene rings is 2. The van der Waals surface area contributed by atoms with E-state index in [0.717, 1.165) is 22.4 Å². The smallest absolute Gasteiger partial charge is 0.303 e. The number of carboxylic acid groups (broad SMARTS) is 1. The number of hydrogen-bond acceptors (Lipinski definition) is 5. The maximum Gasteiger partial charge on any atom is 0.303 e. The number of carbonyl (C=O) groups is 2. The summed E-state index contributed by atoms with van der Waals surface area (Å²) in [5.41, 5.74) is 3.81. The Kier molecular flexibility index (Phi) is 6.72. The minimum atomic E-state index is -0.912. The van der Waals surface area contributed by atoms with E-state index in [1.807, 2.05) is 49.4 Å². The van der Waals surface area contributed by atoms with E-state index in [4.69, 9.17) is 14.6 Å². The lowest BCUT2D eigenvalue weighted by molar-refractivity contribution is -0.137. The van der Waals surface area contributed by atoms with E-state index in [1.165, 1.54) is 5.01 Å². The van der Waals surface area contributed by atoms with Gasteiger partial charge in [-0.15, -0.1) is 0 Å². The predicted molar refractivity (Wildman–Crippen MR) is 113 cm³/mol. The number of aryl methyl sites for hydroxylation is 1. The number of carboxylic acids is 1. The molecule has 158 valence electrons. The Labute approximate surface area is 175 Å². The third kappa shape index (κ3) is 4.79. The summed E-state index contributed by atoms with van der Waals surface area (Å²) < 4.78 is 10.7. The van der Waals surface area contributed by atoms with Crippen LogP contribution in [0.1, 0.15) is 48.4 Å². The van der Waals surface area contributed by atoms with E-state index >= 15 is 0 Å². The van der Waals surface area contributed by atoms with Crippen molar-refractivity contribution in [3.63, 3.8) is 0 Å². The van der Waals surface area contributed by atoms with Crippen molar-refractivity contribution in [1.29, 1.82) is 0 Å². The van der Waals surface area contributed by atoms with E-state index in [2.05, 4.69) is 5.10 Å². The van der Waals surface area contributed by atoms with Crippen molar-refractivity contribution in [2.75, 3.05) is 14.2 Å². The zero-order valence-corrected chi connectivity index (χ0v) is 17.4. The van der Waals surface area contributed by atoms with Crippen molar-refractivity contribution in [3.05, 3.63) is 59.2 Å². The highest BCUT2D eigenvalue weighted by molar-refractivity contribution is 6.03. The Bertz CT molecular complexity index is 953. The molecule has 0 aromatic heterocycles. The van der Waals surface area contributed by atoms with Crippen molar-refractivity contribution < 1.29 is 24.2 Å². The van der Waals surface area contributed by atoms with Crippen LogP contribution in [0.15, 0.2) is 47.6 Å². The molecule has 0 fully saturated rings. The first kappa shape index (κ1) is 21.4. The minimum absolute atomic E-state index is 0.0465. The van der Waals surface area contributed by atoms with Gasteiger partial charge < -0.3 is 14.6 Å². The number of rotatable bonds is 8. The Hall–Kier alpha value is -3.35. The lowest BCUT2D eigenvalue weighted by Crippen LogP contribution is -2.27. The van der Waals surface area contributed by atoms with Gasteiger partial charge in [-0.05, 0) is 36.6 Å². The molecule has 1 amide bonds. The lowest BCUT2D eigenvalue weighted by atomic mass is 9.97. The van der Waals surface area contributed by atoms with Crippen molar-refractivity contribution in [3.8, 4) is 11.5 Å². The molecule has 1 aliphatic heterocycles. The van der Waals surface area contributed by atoms with E-state index in [0.29, 0.717) is 17.9 Å². The van der Waals surface area contributed by atoms with Crippen LogP contribution in [0.4, 0.5) is 0 Å². The maximum absolute atomic E-state index is 12.9. The van der Waals surface area contributed by atoms with Crippen LogP contribution in [0.2, 0.25) is 0 Å². The molecular formula is C23H26N2O5. The Morgan fingerprint density at radius 2 is 1.77 bits per heavy atom. The summed E-state index contributed by atoms with van der Waals surface area (Å²) in [5, 5.41) is 15.0. The molecule has 0 saturated carbocycles. The number of hydrogen-bond donors (Lipinski definition) is 1. The van der Waals surface area contributed by atoms with Gasteiger partial charge in [-0.25, -0.2) is 5.01 Å². The second kappa shape index (κ2) is 9.43. The normalized spacial score (nSPS) is 15.6. The van der Waals surface area contributed by atoms with Crippen molar-refractivity contribution in [2.24, 2.45) is 5.10 Å². The average molecular weight is 410 g/mol. The molecule has 7 nitrogen and oxygen atoms in total. The van der Waals surface area contributed by atoms with Gasteiger partial charge in [-0.3, -0.25) is 9.59 Å². The first-order valence-electron chi connectivity index (χ1n) is 9.83. The van der Waals surface area contributed by atoms with Gasteiger partial charge in [0.2, 0.25) is 5.91 Å². The molecule has 0 unspecified atom stereocenters. The molecule has 1 aliphatic rings. The first-order valence-corrected chi connectivity index (χ1v) is 9.83. The van der Waals surface area contributed by atoms with Crippen LogP contribution in [0.3, 0.4) is 0 Å². The number of aliphatic carboxylic acids is 1. The van der Waals surface area contributed by atoms with Crippen molar-refractivity contribution >= 4 is 17.6 Å². The highest BCUT2D eigenvalue weighted by atomic mass is 16.5. The Balaban J connectivity index is 1.90. The predicted octanol–water partition coefficient (Wildman–Crippen LogP) is 3.94. The first-order chi connectivity index (χ1) is 14.4. The zero-order chi connectivity index (χ0) is 21.7. The van der Waals surface area contributed by atoms with E-state index in [9.17, 15) is 9.59 Å². The minimum Gasteiger partial charge on any atom is -0.493 e. The molecule has 1 heterocycles. The second-order valence-electron chi connectivity index (χ2n) is 7.23. The summed E-state index contributed by atoms with van der Waals surface area (Å²) in [4.78, 5) is 23.7. The summed E-state index contributed by atoms with van der Waals surface area (Å²) in [5.74, 6) is 0.0815. The number of methoxy groups -OCH3 is 2. The molecule has 2 aromatic rings. The van der Waals surface area contributed by atoms with Crippen LogP contribution < -0.4 is 9.47 Å². The molecule has 0 radical (unpaired) electrons. The van der Waals surface area contributed by atoms with Crippen LogP contribution in [0.25, 0.3) is 0 Å². The summed E-state index contributed by atoms with van der Waals surface area (Å²) in [6.07, 6.45) is 0.915. The molecule has 2 aromatic carbocycles. The number of amides is 1. The highest BCUT2D eigenvalue weighted by Crippen LogP contribution is 2.37. The molecular weight excluding hydrogens is 384 g/mol. The largest absolute Gasteiger partial charge is 0.493 e. The molecule has 7 heteroatoms. The van der Waals surface area contributed by atoms with Crippen LogP contribution in [0.5, 0.6) is 11.5 Å². The Morgan fingerprint density at radius 3 is 2.40 bits per heavy atom. The highest BCUT2D eigenvalue weighted by Gasteiger charge is 2.33. The molecule has 0 aliphatic carbocycles. The molecule has 1 atom stereocenters. The monoisotopic (exact) mass is 410 g/mol. The molecule has 1 N–H and O–H groups in total. The third-order valence-electron chi connectivity index (χ3n) is 5.12. The van der Waals surface area contributed by atoms with Gasteiger partial charge in [0.25, 0.3) is 0 Å². The van der Waals surface area contributed by atoms with Gasteiger partial charge in [-0.1, -0.05) is 35.9 Å². The van der Waals surface area contributed by atoms with Gasteiger partial charge in [0.1, 0.15) is 0 Å². The zero-order valence-electron chi connectivity index (χ0n) is 17.4. The fourth-order valence-corrected chi connectivity index (χ4v) is 3.49. The number of carbonyl (C=O) groups excluding carboxylic acids is 1. The van der Waals surface area contributed by atoms with E-state index in [-0.39, 0.29) is 31.2 Å². The third-order valence-corrected chi connectivity index (χ3v) is 5.12. The average Bonchev–Trinajstić information content (AvgIpc) is 3.19. The molecule has 0 spiro atoms. The molecule has 0 saturated heterocycles. The second-order valence-corrected chi connectivity index (χ2v) is 7.23. The summed E-state index contributed by atoms with van der Waals surface area (Å²) in [7, 11) is 3.14. The Morgan fingerprint density at radius 1 is 1.07 bits per heavy atom. The topological polar surface area (TPSA) is 88.4 Å². The summed E-state index contributed by atoms with van der Waals surface area (Å²) in [6, 6.07) is 13.3. The fraction of sp³-hybridized carbons (Fsp3) is 0.348. The van der Waals surface area contributed by atoms with Crippen molar-refractivity contribution in [2.45, 2.75) is 38.6 Å². The number of ether oxygens (including phenoxy) is 2. The van der Waals surface area contributed by atoms with Crippen LogP contribution >= 0.6 is 0 Å². The van der Waals surface area contributed by atoms with Gasteiger partial charge in [0, 0.05) is 19.3 Å². The molecule has 3 rings (SSSR count). The number of nitrogens with zero attached hydrogens (tertiary/aromatic N) is 2. The van der Waals surface area contributed by atoms with E-state index < -0.39 is 5.97 Å². The summed E-state index contributed by atoms with van der Waals surface area (Å²) in [6.45, 7) is 2.02. The molecule has 30 heavy (non-hydrogen) atoms. The van der Waals surface area contributed by atoms with E-state index in [1.54, 1.807) is 14.2 Å². The van der Waals surface area contributed by atoms with Gasteiger partial charge in [0.05, 0.1) is 26.0 Å². The van der Waals surface area contributed by atoms with Crippen LogP contribution in [0, 0.1) is 6.92 Å². The summed E-state index contributed by atoms with van der Waals surface area (Å²) >= 11 is 0. The number of hydrazone groups is 1. The van der Waals surface area contributed by atoms with Crippen LogP contribution in [-0.2, 0) is 9.59 Å². The standard InChI is InChI=1S/C23H26N2O5/c1-15-7-9-16(10-8-15)18-14-19(17-11-12-20(29-2)21(13-17)30-3)25(24-18)22(26)5-4-6-23(27)28/h7-13,19H,4-6,14H2,1-3H3,(H,27,28)/t19-/m0/s1. The van der Waals surface area contributed by atoms with Crippen molar-refractivity contribution in [1.82, 2.24) is 5.01 Å². The fourth-order valence-electron chi connectivity index (χ4n) is 3.49. The van der Waals surface area contributed by atoms with Gasteiger partial charge in [0.15, 0.2) is 11.5 Å². The van der Waals surface area contributed by atoms with Gasteiger partial charge in [-0.2, -0.15) is 5.10 Å². The SMILES string of the molecule is COc1ccc([C@@H]2CC(c3ccc(C)cc3)=NN2C(=O)CCCC(=O)O)cc1OC. The molecule has 0 bridgehead atoms.